The summed E-state index contributed by atoms with van der Waals surface area (Å²) >= 11 is 5.70. The summed E-state index contributed by atoms with van der Waals surface area (Å²) < 4.78 is 18.6. The molecule has 2 nitrogen and oxygen atoms in total. The lowest BCUT2D eigenvalue weighted by atomic mass is 10.1. The van der Waals surface area contributed by atoms with E-state index in [-0.39, 0.29) is 5.82 Å². The molecule has 0 aromatic heterocycles. The molecule has 0 unspecified atom stereocenters. The van der Waals surface area contributed by atoms with Crippen LogP contribution in [-0.4, -0.2) is 13.7 Å². The van der Waals surface area contributed by atoms with Crippen LogP contribution in [0.25, 0.3) is 0 Å². The Labute approximate surface area is 117 Å². The Morgan fingerprint density at radius 2 is 1.89 bits per heavy atom. The fraction of sp³-hybridized carbons (Fsp3) is 0.200. The quantitative estimate of drug-likeness (QED) is 0.888. The van der Waals surface area contributed by atoms with Crippen molar-refractivity contribution in [3.05, 3.63) is 58.9 Å². The summed E-state index contributed by atoms with van der Waals surface area (Å²) in [7, 11) is 1.64. The molecule has 19 heavy (non-hydrogen) atoms. The second-order valence-corrected chi connectivity index (χ2v) is 4.59. The minimum atomic E-state index is -0.331. The zero-order valence-electron chi connectivity index (χ0n) is 10.6. The van der Waals surface area contributed by atoms with E-state index in [2.05, 4.69) is 5.32 Å². The highest BCUT2D eigenvalue weighted by Crippen LogP contribution is 2.19. The van der Waals surface area contributed by atoms with Gasteiger partial charge in [0.25, 0.3) is 0 Å². The van der Waals surface area contributed by atoms with Crippen molar-refractivity contribution in [1.82, 2.24) is 0 Å². The number of halogens is 2. The molecule has 0 fully saturated rings. The van der Waals surface area contributed by atoms with Crippen molar-refractivity contribution in [1.29, 1.82) is 0 Å². The molecule has 100 valence electrons. The maximum Gasteiger partial charge on any atom is 0.147 e. The fourth-order valence-electron chi connectivity index (χ4n) is 1.77. The second kappa shape index (κ2) is 6.43. The minimum absolute atomic E-state index is 0.331. The maximum absolute atomic E-state index is 13.5. The summed E-state index contributed by atoms with van der Waals surface area (Å²) in [6, 6.07) is 12.4. The summed E-state index contributed by atoms with van der Waals surface area (Å²) in [6.07, 6.45) is 0.812. The van der Waals surface area contributed by atoms with Gasteiger partial charge in [-0.25, -0.2) is 4.39 Å². The highest BCUT2D eigenvalue weighted by Gasteiger charge is 2.02. The Kier molecular flexibility index (Phi) is 4.63. The molecule has 0 radical (unpaired) electrons. The number of methoxy groups -OCH3 is 1. The summed E-state index contributed by atoms with van der Waals surface area (Å²) in [5.41, 5.74) is 1.64. The number of ether oxygens (including phenoxy) is 1. The summed E-state index contributed by atoms with van der Waals surface area (Å²) in [6.45, 7) is 0.658. The molecule has 2 aromatic rings. The summed E-state index contributed by atoms with van der Waals surface area (Å²) in [5, 5.41) is 3.45. The lowest BCUT2D eigenvalue weighted by Gasteiger charge is -2.08. The van der Waals surface area contributed by atoms with Crippen LogP contribution in [0, 0.1) is 5.82 Å². The Morgan fingerprint density at radius 3 is 2.53 bits per heavy atom. The molecule has 0 atom stereocenters. The van der Waals surface area contributed by atoms with Gasteiger partial charge in [-0.3, -0.25) is 0 Å². The van der Waals surface area contributed by atoms with Crippen LogP contribution < -0.4 is 10.1 Å². The first-order valence-electron chi connectivity index (χ1n) is 6.01. The third-order valence-corrected chi connectivity index (χ3v) is 3.05. The van der Waals surface area contributed by atoms with E-state index < -0.39 is 0 Å². The van der Waals surface area contributed by atoms with Crippen molar-refractivity contribution in [3.63, 3.8) is 0 Å². The third-order valence-electron chi connectivity index (χ3n) is 2.82. The number of rotatable bonds is 5. The SMILES string of the molecule is COc1ccc(CCNc2ccc(Cl)cc2F)cc1. The Bertz CT molecular complexity index is 542. The number of hydrogen-bond acceptors (Lipinski definition) is 2. The van der Waals surface area contributed by atoms with Gasteiger partial charge in [0, 0.05) is 11.6 Å². The monoisotopic (exact) mass is 279 g/mol. The molecular weight excluding hydrogens is 265 g/mol. The lowest BCUT2D eigenvalue weighted by molar-refractivity contribution is 0.414. The van der Waals surface area contributed by atoms with Crippen LogP contribution in [0.3, 0.4) is 0 Å². The summed E-state index contributed by atoms with van der Waals surface area (Å²) in [5.74, 6) is 0.502. The van der Waals surface area contributed by atoms with E-state index in [0.29, 0.717) is 17.3 Å². The molecule has 0 amide bonds. The minimum Gasteiger partial charge on any atom is -0.497 e. The number of nitrogens with one attached hydrogen (secondary N) is 1. The van der Waals surface area contributed by atoms with E-state index in [0.717, 1.165) is 12.2 Å². The Morgan fingerprint density at radius 1 is 1.16 bits per heavy atom. The van der Waals surface area contributed by atoms with Crippen LogP contribution in [0.2, 0.25) is 5.02 Å². The Balaban J connectivity index is 1.88. The topological polar surface area (TPSA) is 21.3 Å². The second-order valence-electron chi connectivity index (χ2n) is 4.15. The van der Waals surface area contributed by atoms with Crippen molar-refractivity contribution in [2.75, 3.05) is 19.0 Å². The predicted molar refractivity (Wildman–Crippen MR) is 76.6 cm³/mol. The highest BCUT2D eigenvalue weighted by atomic mass is 35.5. The predicted octanol–water partition coefficient (Wildman–Crippen LogP) is 4.14. The molecule has 0 heterocycles. The molecule has 2 rings (SSSR count). The number of hydrogen-bond donors (Lipinski definition) is 1. The first-order valence-corrected chi connectivity index (χ1v) is 6.38. The van der Waals surface area contributed by atoms with Gasteiger partial charge in [-0.1, -0.05) is 23.7 Å². The highest BCUT2D eigenvalue weighted by molar-refractivity contribution is 6.30. The number of benzene rings is 2. The van der Waals surface area contributed by atoms with Crippen molar-refractivity contribution in [3.8, 4) is 5.75 Å². The van der Waals surface area contributed by atoms with Crippen LogP contribution in [0.4, 0.5) is 10.1 Å². The van der Waals surface area contributed by atoms with E-state index in [1.54, 1.807) is 19.2 Å². The molecule has 2 aromatic carbocycles. The molecule has 0 aliphatic rings. The van der Waals surface area contributed by atoms with Crippen molar-refractivity contribution < 1.29 is 9.13 Å². The molecule has 0 saturated heterocycles. The van der Waals surface area contributed by atoms with Crippen LogP contribution in [0.15, 0.2) is 42.5 Å². The maximum atomic E-state index is 13.5. The normalized spacial score (nSPS) is 10.3. The lowest BCUT2D eigenvalue weighted by Crippen LogP contribution is -2.06. The van der Waals surface area contributed by atoms with Crippen molar-refractivity contribution in [2.24, 2.45) is 0 Å². The number of anilines is 1. The van der Waals surface area contributed by atoms with Gasteiger partial charge in [-0.05, 0) is 42.3 Å². The van der Waals surface area contributed by atoms with Crippen LogP contribution in [0.5, 0.6) is 5.75 Å². The van der Waals surface area contributed by atoms with Crippen molar-refractivity contribution >= 4 is 17.3 Å². The van der Waals surface area contributed by atoms with Gasteiger partial charge < -0.3 is 10.1 Å². The first kappa shape index (κ1) is 13.7. The van der Waals surface area contributed by atoms with Gasteiger partial charge >= 0.3 is 0 Å². The zero-order chi connectivity index (χ0) is 13.7. The van der Waals surface area contributed by atoms with Gasteiger partial charge in [0.15, 0.2) is 0 Å². The smallest absolute Gasteiger partial charge is 0.147 e. The van der Waals surface area contributed by atoms with Gasteiger partial charge in [-0.2, -0.15) is 0 Å². The molecule has 0 aliphatic heterocycles. The third kappa shape index (κ3) is 3.86. The standard InChI is InChI=1S/C15H15ClFNO/c1-19-13-5-2-11(3-6-13)8-9-18-15-7-4-12(16)10-14(15)17/h2-7,10,18H,8-9H2,1H3. The van der Waals surface area contributed by atoms with E-state index in [9.17, 15) is 4.39 Å². The Hall–Kier alpha value is -1.74. The van der Waals surface area contributed by atoms with E-state index in [1.807, 2.05) is 24.3 Å². The first-order chi connectivity index (χ1) is 9.19. The van der Waals surface area contributed by atoms with E-state index in [4.69, 9.17) is 16.3 Å². The zero-order valence-corrected chi connectivity index (χ0v) is 11.4. The molecule has 0 spiro atoms. The molecular formula is C15H15ClFNO. The van der Waals surface area contributed by atoms with Crippen molar-refractivity contribution in [2.45, 2.75) is 6.42 Å². The van der Waals surface area contributed by atoms with Crippen LogP contribution in [-0.2, 0) is 6.42 Å². The van der Waals surface area contributed by atoms with Gasteiger partial charge in [-0.15, -0.1) is 0 Å². The molecule has 0 aliphatic carbocycles. The van der Waals surface area contributed by atoms with Gasteiger partial charge in [0.05, 0.1) is 12.8 Å². The average molecular weight is 280 g/mol. The molecule has 1 N–H and O–H groups in total. The van der Waals surface area contributed by atoms with Crippen LogP contribution in [0.1, 0.15) is 5.56 Å². The molecule has 0 bridgehead atoms. The largest absolute Gasteiger partial charge is 0.497 e. The fourth-order valence-corrected chi connectivity index (χ4v) is 1.93. The van der Waals surface area contributed by atoms with E-state index in [1.165, 1.54) is 11.6 Å². The van der Waals surface area contributed by atoms with Gasteiger partial charge in [0.2, 0.25) is 0 Å². The summed E-state index contributed by atoms with van der Waals surface area (Å²) in [4.78, 5) is 0. The molecule has 4 heteroatoms. The van der Waals surface area contributed by atoms with E-state index >= 15 is 0 Å². The van der Waals surface area contributed by atoms with Gasteiger partial charge in [0.1, 0.15) is 11.6 Å². The van der Waals surface area contributed by atoms with Crippen LogP contribution >= 0.6 is 11.6 Å². The average Bonchev–Trinajstić information content (AvgIpc) is 2.42. The molecule has 0 saturated carbocycles.